The normalized spacial score (nSPS) is 18.5. The first kappa shape index (κ1) is 28.3. The molecule has 1 fully saturated rings. The summed E-state index contributed by atoms with van der Waals surface area (Å²) in [6.07, 6.45) is 2.00. The Morgan fingerprint density at radius 1 is 1.03 bits per heavy atom. The molecule has 0 aliphatic carbocycles. The fraction of sp³-hybridized carbons (Fsp3) is 0.762. The lowest BCUT2D eigenvalue weighted by Gasteiger charge is -2.30. The molecule has 0 aromatic rings. The summed E-state index contributed by atoms with van der Waals surface area (Å²) in [5.74, 6) is -4.26. The Balaban J connectivity index is 2.92. The molecule has 1 aliphatic rings. The van der Waals surface area contributed by atoms with E-state index in [4.69, 9.17) is 16.6 Å². The highest BCUT2D eigenvalue weighted by Gasteiger charge is 2.38. The SMILES string of the molecule is CC(C)C(NC(=O)C(N)CCC(=O)O)C(=O)NC(CCCCN)C(=O)N1CCCC1C(=O)O. The number of carboxylic acid groups (broad SMARTS) is 2. The highest BCUT2D eigenvalue weighted by atomic mass is 16.4. The number of nitrogens with zero attached hydrogens (tertiary/aromatic N) is 1. The van der Waals surface area contributed by atoms with Gasteiger partial charge in [0.15, 0.2) is 0 Å². The van der Waals surface area contributed by atoms with Crippen LogP contribution in [0.4, 0.5) is 0 Å². The van der Waals surface area contributed by atoms with Crippen LogP contribution in [-0.2, 0) is 24.0 Å². The first-order valence-electron chi connectivity index (χ1n) is 11.3. The van der Waals surface area contributed by atoms with Gasteiger partial charge in [0.05, 0.1) is 6.04 Å². The second kappa shape index (κ2) is 13.7. The van der Waals surface area contributed by atoms with Crippen LogP contribution in [0.15, 0.2) is 0 Å². The average molecular weight is 472 g/mol. The van der Waals surface area contributed by atoms with Gasteiger partial charge in [0.1, 0.15) is 18.1 Å². The number of carboxylic acids is 2. The van der Waals surface area contributed by atoms with E-state index in [1.807, 2.05) is 0 Å². The molecular formula is C21H37N5O7. The van der Waals surface area contributed by atoms with E-state index in [-0.39, 0.29) is 25.2 Å². The molecule has 12 nitrogen and oxygen atoms in total. The molecule has 12 heteroatoms. The molecule has 4 atom stereocenters. The van der Waals surface area contributed by atoms with Crippen molar-refractivity contribution in [3.05, 3.63) is 0 Å². The molecule has 188 valence electrons. The van der Waals surface area contributed by atoms with Gasteiger partial charge in [-0.25, -0.2) is 4.79 Å². The average Bonchev–Trinajstić information content (AvgIpc) is 3.24. The predicted octanol–water partition coefficient (Wildman–Crippen LogP) is -0.991. The summed E-state index contributed by atoms with van der Waals surface area (Å²) in [6, 6.07) is -3.99. The van der Waals surface area contributed by atoms with Crippen LogP contribution in [0.1, 0.15) is 58.8 Å². The first-order chi connectivity index (χ1) is 15.5. The topological polar surface area (TPSA) is 205 Å². The zero-order chi connectivity index (χ0) is 25.1. The number of hydrogen-bond acceptors (Lipinski definition) is 7. The fourth-order valence-corrected chi connectivity index (χ4v) is 3.70. The second-order valence-electron chi connectivity index (χ2n) is 8.64. The fourth-order valence-electron chi connectivity index (χ4n) is 3.70. The number of amides is 3. The molecule has 0 saturated carbocycles. The molecule has 0 bridgehead atoms. The third kappa shape index (κ3) is 8.97. The predicted molar refractivity (Wildman–Crippen MR) is 119 cm³/mol. The van der Waals surface area contributed by atoms with Crippen molar-refractivity contribution in [3.63, 3.8) is 0 Å². The zero-order valence-electron chi connectivity index (χ0n) is 19.3. The van der Waals surface area contributed by atoms with E-state index >= 15 is 0 Å². The lowest BCUT2D eigenvalue weighted by atomic mass is 10.0. The number of carbonyl (C=O) groups is 5. The van der Waals surface area contributed by atoms with E-state index in [1.54, 1.807) is 13.8 Å². The molecule has 3 amide bonds. The standard InChI is InChI=1S/C21H37N5O7/c1-12(2)17(25-18(29)13(23)8-9-16(27)28)19(30)24-14(6-3-4-10-22)20(31)26-11-5-7-15(26)21(32)33/h12-15,17H,3-11,22-23H2,1-2H3,(H,24,30)(H,25,29)(H,27,28)(H,32,33). The van der Waals surface area contributed by atoms with Crippen molar-refractivity contribution in [2.75, 3.05) is 13.1 Å². The summed E-state index contributed by atoms with van der Waals surface area (Å²) >= 11 is 0. The number of rotatable bonds is 14. The molecule has 1 aliphatic heterocycles. The summed E-state index contributed by atoms with van der Waals surface area (Å²) in [4.78, 5) is 62.0. The van der Waals surface area contributed by atoms with Crippen molar-refractivity contribution in [2.45, 2.75) is 83.0 Å². The van der Waals surface area contributed by atoms with Gasteiger partial charge in [0.2, 0.25) is 17.7 Å². The maximum absolute atomic E-state index is 13.1. The molecule has 1 saturated heterocycles. The molecule has 1 heterocycles. The van der Waals surface area contributed by atoms with Gasteiger partial charge in [-0.1, -0.05) is 13.8 Å². The molecule has 4 unspecified atom stereocenters. The minimum Gasteiger partial charge on any atom is -0.481 e. The van der Waals surface area contributed by atoms with Crippen LogP contribution >= 0.6 is 0 Å². The maximum atomic E-state index is 13.1. The number of unbranched alkanes of at least 4 members (excludes halogenated alkanes) is 1. The number of nitrogens with two attached hydrogens (primary N) is 2. The Hall–Kier alpha value is -2.73. The van der Waals surface area contributed by atoms with Gasteiger partial charge in [-0.2, -0.15) is 0 Å². The van der Waals surface area contributed by atoms with Crippen molar-refractivity contribution in [3.8, 4) is 0 Å². The van der Waals surface area contributed by atoms with Crippen LogP contribution in [0.5, 0.6) is 0 Å². The van der Waals surface area contributed by atoms with Crippen LogP contribution in [0.25, 0.3) is 0 Å². The van der Waals surface area contributed by atoms with Crippen LogP contribution in [0.3, 0.4) is 0 Å². The van der Waals surface area contributed by atoms with E-state index in [0.717, 1.165) is 0 Å². The van der Waals surface area contributed by atoms with Gasteiger partial charge in [-0.05, 0) is 51.0 Å². The molecular weight excluding hydrogens is 434 g/mol. The Morgan fingerprint density at radius 3 is 2.24 bits per heavy atom. The number of carbonyl (C=O) groups excluding carboxylic acids is 3. The van der Waals surface area contributed by atoms with E-state index in [0.29, 0.717) is 38.8 Å². The van der Waals surface area contributed by atoms with Crippen molar-refractivity contribution < 1.29 is 34.2 Å². The molecule has 1 rings (SSSR count). The Bertz CT molecular complexity index is 715. The van der Waals surface area contributed by atoms with Gasteiger partial charge in [0, 0.05) is 13.0 Å². The highest BCUT2D eigenvalue weighted by Crippen LogP contribution is 2.20. The largest absolute Gasteiger partial charge is 0.481 e. The number of likely N-dealkylation sites (tertiary alicyclic amines) is 1. The monoisotopic (exact) mass is 471 g/mol. The summed E-state index contributed by atoms with van der Waals surface area (Å²) in [7, 11) is 0. The summed E-state index contributed by atoms with van der Waals surface area (Å²) in [5.41, 5.74) is 11.3. The molecule has 0 aromatic heterocycles. The first-order valence-corrected chi connectivity index (χ1v) is 11.3. The van der Waals surface area contributed by atoms with E-state index in [2.05, 4.69) is 10.6 Å². The molecule has 33 heavy (non-hydrogen) atoms. The van der Waals surface area contributed by atoms with Crippen molar-refractivity contribution in [2.24, 2.45) is 17.4 Å². The van der Waals surface area contributed by atoms with Gasteiger partial charge in [-0.3, -0.25) is 19.2 Å². The van der Waals surface area contributed by atoms with Gasteiger partial charge < -0.3 is 37.2 Å². The minimum absolute atomic E-state index is 0.0840. The van der Waals surface area contributed by atoms with Gasteiger partial charge in [-0.15, -0.1) is 0 Å². The second-order valence-corrected chi connectivity index (χ2v) is 8.64. The Labute approximate surface area is 193 Å². The van der Waals surface area contributed by atoms with Crippen LogP contribution in [-0.4, -0.2) is 82.0 Å². The van der Waals surface area contributed by atoms with Crippen molar-refractivity contribution in [1.82, 2.24) is 15.5 Å². The maximum Gasteiger partial charge on any atom is 0.326 e. The summed E-state index contributed by atoms with van der Waals surface area (Å²) in [5, 5.41) is 23.4. The number of nitrogens with one attached hydrogen (secondary N) is 2. The number of aliphatic carboxylic acids is 2. The number of hydrogen-bond donors (Lipinski definition) is 6. The lowest BCUT2D eigenvalue weighted by Crippen LogP contribution is -2.58. The van der Waals surface area contributed by atoms with E-state index < -0.39 is 53.8 Å². The van der Waals surface area contributed by atoms with Gasteiger partial charge >= 0.3 is 11.9 Å². The smallest absolute Gasteiger partial charge is 0.326 e. The zero-order valence-corrected chi connectivity index (χ0v) is 19.3. The van der Waals surface area contributed by atoms with Crippen molar-refractivity contribution >= 4 is 29.7 Å². The third-order valence-corrected chi connectivity index (χ3v) is 5.64. The van der Waals surface area contributed by atoms with Gasteiger partial charge in [0.25, 0.3) is 0 Å². The molecule has 0 aromatic carbocycles. The van der Waals surface area contributed by atoms with Crippen LogP contribution in [0, 0.1) is 5.92 Å². The highest BCUT2D eigenvalue weighted by molar-refractivity contribution is 5.94. The van der Waals surface area contributed by atoms with Crippen LogP contribution < -0.4 is 22.1 Å². The Morgan fingerprint density at radius 2 is 1.70 bits per heavy atom. The lowest BCUT2D eigenvalue weighted by molar-refractivity contribution is -0.149. The quantitative estimate of drug-likeness (QED) is 0.172. The molecule has 0 spiro atoms. The van der Waals surface area contributed by atoms with Crippen molar-refractivity contribution in [1.29, 1.82) is 0 Å². The molecule has 0 radical (unpaired) electrons. The Kier molecular flexibility index (Phi) is 11.8. The molecule has 8 N–H and O–H groups in total. The third-order valence-electron chi connectivity index (χ3n) is 5.64. The van der Waals surface area contributed by atoms with E-state index in [1.165, 1.54) is 4.90 Å². The summed E-state index contributed by atoms with van der Waals surface area (Å²) in [6.45, 7) is 4.12. The van der Waals surface area contributed by atoms with E-state index in [9.17, 15) is 29.1 Å². The van der Waals surface area contributed by atoms with Crippen LogP contribution in [0.2, 0.25) is 0 Å². The summed E-state index contributed by atoms with van der Waals surface area (Å²) < 4.78 is 0. The minimum atomic E-state index is -1.10.